The molecule has 5 heteroatoms. The van der Waals surface area contributed by atoms with Crippen molar-refractivity contribution in [3.63, 3.8) is 0 Å². The number of aliphatic hydroxyl groups is 1. The molecule has 3 heterocycles. The summed E-state index contributed by atoms with van der Waals surface area (Å²) < 4.78 is 15.7. The first-order valence-electron chi connectivity index (χ1n) is 10.5. The Morgan fingerprint density at radius 3 is 2.59 bits per heavy atom. The molecule has 4 nitrogen and oxygen atoms in total. The average molecular weight is 393 g/mol. The van der Waals surface area contributed by atoms with Crippen molar-refractivity contribution in [1.29, 1.82) is 0 Å². The van der Waals surface area contributed by atoms with Gasteiger partial charge in [0.2, 0.25) is 0 Å². The number of hydrogen-bond acceptors (Lipinski definition) is 3. The van der Waals surface area contributed by atoms with Gasteiger partial charge in [0.1, 0.15) is 17.2 Å². The van der Waals surface area contributed by atoms with Crippen LogP contribution in [0.2, 0.25) is 0 Å². The van der Waals surface area contributed by atoms with Gasteiger partial charge in [-0.3, -0.25) is 4.90 Å². The van der Waals surface area contributed by atoms with E-state index in [9.17, 15) is 9.50 Å². The molecule has 0 aliphatic carbocycles. The predicted octanol–water partition coefficient (Wildman–Crippen LogP) is 4.12. The number of fused-ring (bicyclic) bond motifs is 1. The highest BCUT2D eigenvalue weighted by atomic mass is 19.1. The summed E-state index contributed by atoms with van der Waals surface area (Å²) in [5, 5.41) is 11.7. The monoisotopic (exact) mass is 393 g/mol. The fourth-order valence-corrected chi connectivity index (χ4v) is 4.77. The first-order valence-corrected chi connectivity index (χ1v) is 10.5. The van der Waals surface area contributed by atoms with E-state index < -0.39 is 5.60 Å². The number of nitrogens with zero attached hydrogens (tertiary/aromatic N) is 3. The Bertz CT molecular complexity index is 989. The molecule has 1 saturated heterocycles. The molecule has 29 heavy (non-hydrogen) atoms. The summed E-state index contributed by atoms with van der Waals surface area (Å²) in [5.74, 6) is 0.787. The summed E-state index contributed by atoms with van der Waals surface area (Å²) in [7, 11) is 0. The second kappa shape index (κ2) is 7.39. The number of hydrogen-bond donors (Lipinski definition) is 1. The fourth-order valence-electron chi connectivity index (χ4n) is 4.77. The van der Waals surface area contributed by atoms with Crippen molar-refractivity contribution in [3.8, 4) is 11.3 Å². The molecule has 150 valence electrons. The fraction of sp³-hybridized carbons (Fsp3) is 0.375. The normalized spacial score (nSPS) is 22.0. The molecule has 2 aromatic carbocycles. The van der Waals surface area contributed by atoms with Crippen molar-refractivity contribution < 1.29 is 9.50 Å². The molecular weight excluding hydrogens is 367 g/mol. The maximum atomic E-state index is 13.4. The van der Waals surface area contributed by atoms with Crippen LogP contribution in [0.5, 0.6) is 0 Å². The van der Waals surface area contributed by atoms with Crippen LogP contribution in [0, 0.1) is 5.82 Å². The van der Waals surface area contributed by atoms with Gasteiger partial charge in [0.05, 0.1) is 11.4 Å². The topological polar surface area (TPSA) is 41.3 Å². The molecule has 1 unspecified atom stereocenters. The highest BCUT2D eigenvalue weighted by Crippen LogP contribution is 2.41. The van der Waals surface area contributed by atoms with E-state index in [1.165, 1.54) is 17.7 Å². The van der Waals surface area contributed by atoms with Crippen LogP contribution in [0.25, 0.3) is 11.3 Å². The van der Waals surface area contributed by atoms with Crippen molar-refractivity contribution in [2.75, 3.05) is 13.1 Å². The van der Waals surface area contributed by atoms with E-state index in [0.29, 0.717) is 12.8 Å². The van der Waals surface area contributed by atoms with Gasteiger partial charge >= 0.3 is 0 Å². The molecule has 0 bridgehead atoms. The summed E-state index contributed by atoms with van der Waals surface area (Å²) >= 11 is 0. The zero-order valence-corrected chi connectivity index (χ0v) is 16.5. The smallest absolute Gasteiger partial charge is 0.123 e. The van der Waals surface area contributed by atoms with Crippen molar-refractivity contribution in [1.82, 2.24) is 14.5 Å². The Balaban J connectivity index is 1.42. The van der Waals surface area contributed by atoms with Crippen molar-refractivity contribution >= 4 is 0 Å². The van der Waals surface area contributed by atoms with Gasteiger partial charge in [-0.05, 0) is 49.1 Å². The Labute approximate surface area is 170 Å². The second-order valence-electron chi connectivity index (χ2n) is 8.28. The van der Waals surface area contributed by atoms with Gasteiger partial charge in [-0.15, -0.1) is 0 Å². The van der Waals surface area contributed by atoms with Crippen LogP contribution >= 0.6 is 0 Å². The molecule has 0 saturated carbocycles. The van der Waals surface area contributed by atoms with E-state index in [0.717, 1.165) is 61.8 Å². The molecule has 1 atom stereocenters. The van der Waals surface area contributed by atoms with Gasteiger partial charge in [-0.25, -0.2) is 9.37 Å². The van der Waals surface area contributed by atoms with Crippen molar-refractivity contribution in [3.05, 3.63) is 77.5 Å². The Morgan fingerprint density at radius 2 is 1.86 bits per heavy atom. The van der Waals surface area contributed by atoms with Crippen LogP contribution < -0.4 is 0 Å². The number of imidazole rings is 1. The number of aromatic nitrogens is 2. The quantitative estimate of drug-likeness (QED) is 0.725. The molecule has 1 fully saturated rings. The number of aryl methyl sites for hydroxylation is 1. The number of likely N-dealkylation sites (tertiary alicyclic amines) is 1. The van der Waals surface area contributed by atoms with Gasteiger partial charge in [0.25, 0.3) is 0 Å². The molecule has 3 aromatic rings. The minimum atomic E-state index is -0.896. The maximum absolute atomic E-state index is 13.4. The van der Waals surface area contributed by atoms with Crippen LogP contribution in [0.15, 0.2) is 54.6 Å². The first-order chi connectivity index (χ1) is 14.1. The maximum Gasteiger partial charge on any atom is 0.123 e. The zero-order chi connectivity index (χ0) is 19.8. The van der Waals surface area contributed by atoms with E-state index in [1.54, 1.807) is 12.1 Å². The number of benzene rings is 2. The van der Waals surface area contributed by atoms with Crippen molar-refractivity contribution in [2.45, 2.75) is 44.4 Å². The summed E-state index contributed by atoms with van der Waals surface area (Å²) in [6, 6.07) is 17.0. The van der Waals surface area contributed by atoms with Crippen LogP contribution in [0.1, 0.15) is 36.3 Å². The summed E-state index contributed by atoms with van der Waals surface area (Å²) in [5.41, 5.74) is 3.03. The zero-order valence-electron chi connectivity index (χ0n) is 16.5. The summed E-state index contributed by atoms with van der Waals surface area (Å²) in [6.07, 6.45) is 3.36. The van der Waals surface area contributed by atoms with E-state index in [-0.39, 0.29) is 5.82 Å². The van der Waals surface area contributed by atoms with Crippen LogP contribution in [0.3, 0.4) is 0 Å². The van der Waals surface area contributed by atoms with Gasteiger partial charge in [-0.1, -0.05) is 30.3 Å². The molecule has 5 rings (SSSR count). The molecule has 2 aliphatic rings. The molecule has 0 radical (unpaired) electrons. The number of piperidine rings is 1. The largest absolute Gasteiger partial charge is 0.383 e. The van der Waals surface area contributed by atoms with Crippen LogP contribution in [-0.4, -0.2) is 32.6 Å². The van der Waals surface area contributed by atoms with Gasteiger partial charge < -0.3 is 9.67 Å². The Morgan fingerprint density at radius 1 is 1.07 bits per heavy atom. The first kappa shape index (κ1) is 18.5. The van der Waals surface area contributed by atoms with Crippen LogP contribution in [-0.2, 0) is 25.1 Å². The van der Waals surface area contributed by atoms with Crippen molar-refractivity contribution in [2.24, 2.45) is 0 Å². The van der Waals surface area contributed by atoms with E-state index in [4.69, 9.17) is 4.98 Å². The number of halogens is 1. The van der Waals surface area contributed by atoms with Gasteiger partial charge in [0, 0.05) is 38.2 Å². The molecular formula is C24H26FN3O. The van der Waals surface area contributed by atoms with Gasteiger partial charge in [0.15, 0.2) is 0 Å². The number of rotatable bonds is 4. The SMILES string of the molecule is OC1(c2c(-c3ccc(F)cc3)nc3n2CCC3)CCN(Cc2ccccc2)[14CH2]C1. The molecule has 1 aromatic heterocycles. The van der Waals surface area contributed by atoms with E-state index in [2.05, 4.69) is 33.7 Å². The minimum Gasteiger partial charge on any atom is -0.383 e. The Kier molecular flexibility index (Phi) is 4.72. The lowest BCUT2D eigenvalue weighted by Gasteiger charge is -2.39. The lowest BCUT2D eigenvalue weighted by molar-refractivity contribution is -0.0330. The average Bonchev–Trinajstić information content (AvgIpc) is 3.33. The lowest BCUT2D eigenvalue weighted by atomic mass is 9.90. The molecule has 0 amide bonds. The molecule has 0 spiro atoms. The summed E-state index contributed by atoms with van der Waals surface area (Å²) in [4.78, 5) is 7.27. The molecule has 2 aliphatic heterocycles. The minimum absolute atomic E-state index is 0.255. The third-order valence-corrected chi connectivity index (χ3v) is 6.32. The highest BCUT2D eigenvalue weighted by Gasteiger charge is 2.40. The standard InChI is InChI=1S/C24H26FN3O/c25-20-10-8-19(9-11-20)22-23(28-14-4-7-21(28)26-22)24(29)12-15-27(16-13-24)17-18-5-2-1-3-6-18/h1-3,5-6,8-11,29H,4,7,12-17H2/i15+2. The third-order valence-electron chi connectivity index (χ3n) is 6.32. The van der Waals surface area contributed by atoms with Crippen LogP contribution in [0.4, 0.5) is 4.39 Å². The van der Waals surface area contributed by atoms with E-state index >= 15 is 0 Å². The predicted molar refractivity (Wildman–Crippen MR) is 111 cm³/mol. The van der Waals surface area contributed by atoms with E-state index in [1.807, 2.05) is 6.07 Å². The van der Waals surface area contributed by atoms with Gasteiger partial charge in [-0.2, -0.15) is 0 Å². The lowest BCUT2D eigenvalue weighted by Crippen LogP contribution is -2.43. The third kappa shape index (κ3) is 3.49. The Hall–Kier alpha value is -2.50. The highest BCUT2D eigenvalue weighted by molar-refractivity contribution is 5.64. The second-order valence-corrected chi connectivity index (χ2v) is 8.28. The molecule has 1 N–H and O–H groups in total. The summed E-state index contributed by atoms with van der Waals surface area (Å²) in [6.45, 7) is 3.49.